The summed E-state index contributed by atoms with van der Waals surface area (Å²) in [5, 5.41) is 10.8. The predicted molar refractivity (Wildman–Crippen MR) is 113 cm³/mol. The standard InChI is InChI=1S/C23H26N2O4/c1-24-9-11-25(12-10-24)14-18(26)15-28-19-7-8-20-22(13-19)29-16-21(23(20)27)17-5-3-2-4-6-17/h2-8,13,16,18,26H,9-12,14-15H2,1H3. The van der Waals surface area contributed by atoms with Gasteiger partial charge in [0.05, 0.1) is 10.9 Å². The van der Waals surface area contributed by atoms with Gasteiger partial charge in [-0.3, -0.25) is 9.69 Å². The molecule has 3 aromatic rings. The first kappa shape index (κ1) is 19.6. The maximum absolute atomic E-state index is 12.8. The molecule has 4 rings (SSSR count). The zero-order valence-electron chi connectivity index (χ0n) is 16.6. The number of rotatable bonds is 6. The molecule has 0 bridgehead atoms. The van der Waals surface area contributed by atoms with Crippen molar-refractivity contribution in [2.24, 2.45) is 0 Å². The van der Waals surface area contributed by atoms with Crippen molar-refractivity contribution in [2.45, 2.75) is 6.10 Å². The number of nitrogens with zero attached hydrogens (tertiary/aromatic N) is 2. The van der Waals surface area contributed by atoms with Gasteiger partial charge in [-0.1, -0.05) is 30.3 Å². The number of hydrogen-bond donors (Lipinski definition) is 1. The number of aliphatic hydroxyl groups is 1. The van der Waals surface area contributed by atoms with Crippen LogP contribution in [0.3, 0.4) is 0 Å². The molecule has 6 heteroatoms. The lowest BCUT2D eigenvalue weighted by molar-refractivity contribution is 0.0505. The van der Waals surface area contributed by atoms with Gasteiger partial charge in [0.25, 0.3) is 0 Å². The number of β-amino-alcohol motifs (C(OH)–C–C–N with tert-alkyl or cyclic N) is 1. The highest BCUT2D eigenvalue weighted by atomic mass is 16.5. The highest BCUT2D eigenvalue weighted by molar-refractivity contribution is 5.82. The number of fused-ring (bicyclic) bond motifs is 1. The van der Waals surface area contributed by atoms with Crippen molar-refractivity contribution in [3.05, 3.63) is 65.0 Å². The zero-order chi connectivity index (χ0) is 20.2. The number of aliphatic hydroxyl groups excluding tert-OH is 1. The van der Waals surface area contributed by atoms with E-state index in [1.807, 2.05) is 30.3 Å². The average Bonchev–Trinajstić information content (AvgIpc) is 2.75. The van der Waals surface area contributed by atoms with Crippen LogP contribution in [0.1, 0.15) is 0 Å². The van der Waals surface area contributed by atoms with Crippen molar-refractivity contribution in [3.63, 3.8) is 0 Å². The van der Waals surface area contributed by atoms with Gasteiger partial charge in [-0.15, -0.1) is 0 Å². The van der Waals surface area contributed by atoms with Crippen molar-refractivity contribution in [1.82, 2.24) is 9.80 Å². The minimum Gasteiger partial charge on any atom is -0.491 e. The van der Waals surface area contributed by atoms with Crippen molar-refractivity contribution in [1.29, 1.82) is 0 Å². The van der Waals surface area contributed by atoms with E-state index in [0.29, 0.717) is 28.8 Å². The van der Waals surface area contributed by atoms with Crippen molar-refractivity contribution in [3.8, 4) is 16.9 Å². The van der Waals surface area contributed by atoms with Crippen molar-refractivity contribution in [2.75, 3.05) is 46.4 Å². The Morgan fingerprint density at radius 2 is 1.86 bits per heavy atom. The number of hydrogen-bond acceptors (Lipinski definition) is 6. The van der Waals surface area contributed by atoms with E-state index in [-0.39, 0.29) is 12.0 Å². The molecule has 6 nitrogen and oxygen atoms in total. The Labute approximate surface area is 169 Å². The molecule has 0 amide bonds. The van der Waals surface area contributed by atoms with Gasteiger partial charge in [-0.25, -0.2) is 0 Å². The Kier molecular flexibility index (Phi) is 5.94. The Hall–Kier alpha value is -2.67. The third kappa shape index (κ3) is 4.67. The van der Waals surface area contributed by atoms with E-state index in [2.05, 4.69) is 16.8 Å². The quantitative estimate of drug-likeness (QED) is 0.693. The van der Waals surface area contributed by atoms with E-state index in [9.17, 15) is 9.90 Å². The number of ether oxygens (including phenoxy) is 1. The normalized spacial score (nSPS) is 16.8. The lowest BCUT2D eigenvalue weighted by atomic mass is 10.1. The van der Waals surface area contributed by atoms with Crippen LogP contribution in [-0.4, -0.2) is 67.4 Å². The molecule has 152 valence electrons. The molecular formula is C23H26N2O4. The van der Waals surface area contributed by atoms with Crippen LogP contribution >= 0.6 is 0 Å². The van der Waals surface area contributed by atoms with Crippen LogP contribution in [0, 0.1) is 0 Å². The van der Waals surface area contributed by atoms with Crippen LogP contribution in [0.2, 0.25) is 0 Å². The molecule has 1 aliphatic heterocycles. The fourth-order valence-electron chi connectivity index (χ4n) is 3.59. The monoisotopic (exact) mass is 394 g/mol. The molecule has 1 aliphatic rings. The first-order valence-electron chi connectivity index (χ1n) is 9.93. The molecule has 1 aromatic heterocycles. The maximum atomic E-state index is 12.8. The molecule has 0 spiro atoms. The van der Waals surface area contributed by atoms with Gasteiger partial charge >= 0.3 is 0 Å². The Morgan fingerprint density at radius 3 is 2.62 bits per heavy atom. The lowest BCUT2D eigenvalue weighted by Crippen LogP contribution is -2.47. The fraction of sp³-hybridized carbons (Fsp3) is 0.348. The molecule has 29 heavy (non-hydrogen) atoms. The molecule has 1 N–H and O–H groups in total. The summed E-state index contributed by atoms with van der Waals surface area (Å²) in [7, 11) is 2.11. The second-order valence-electron chi connectivity index (χ2n) is 7.57. The van der Waals surface area contributed by atoms with E-state index in [4.69, 9.17) is 9.15 Å². The van der Waals surface area contributed by atoms with E-state index in [0.717, 1.165) is 31.7 Å². The van der Waals surface area contributed by atoms with E-state index >= 15 is 0 Å². The van der Waals surface area contributed by atoms with Crippen LogP contribution in [0.25, 0.3) is 22.1 Å². The average molecular weight is 394 g/mol. The second kappa shape index (κ2) is 8.78. The van der Waals surface area contributed by atoms with Gasteiger partial charge in [-0.2, -0.15) is 0 Å². The molecule has 0 aliphatic carbocycles. The maximum Gasteiger partial charge on any atom is 0.200 e. The zero-order valence-corrected chi connectivity index (χ0v) is 16.6. The molecule has 1 fully saturated rings. The first-order valence-corrected chi connectivity index (χ1v) is 9.93. The summed E-state index contributed by atoms with van der Waals surface area (Å²) in [4.78, 5) is 17.3. The van der Waals surface area contributed by atoms with Gasteiger partial charge in [0.2, 0.25) is 0 Å². The molecular weight excluding hydrogens is 368 g/mol. The van der Waals surface area contributed by atoms with E-state index in [1.165, 1.54) is 6.26 Å². The Morgan fingerprint density at radius 1 is 1.10 bits per heavy atom. The van der Waals surface area contributed by atoms with Crippen LogP contribution < -0.4 is 10.2 Å². The van der Waals surface area contributed by atoms with Crippen LogP contribution in [0.4, 0.5) is 0 Å². The lowest BCUT2D eigenvalue weighted by Gasteiger charge is -2.33. The Balaban J connectivity index is 1.42. The SMILES string of the molecule is CN1CCN(CC(O)COc2ccc3c(=O)c(-c4ccccc4)coc3c2)CC1. The number of benzene rings is 2. The van der Waals surface area contributed by atoms with E-state index < -0.39 is 6.10 Å². The summed E-state index contributed by atoms with van der Waals surface area (Å²) < 4.78 is 11.4. The molecule has 1 atom stereocenters. The smallest absolute Gasteiger partial charge is 0.200 e. The summed E-state index contributed by atoms with van der Waals surface area (Å²) in [6.07, 6.45) is 0.924. The summed E-state index contributed by atoms with van der Waals surface area (Å²) in [5.74, 6) is 0.575. The Bertz CT molecular complexity index is 1010. The van der Waals surface area contributed by atoms with Gasteiger partial charge in [0.15, 0.2) is 5.43 Å². The van der Waals surface area contributed by atoms with Gasteiger partial charge in [0, 0.05) is 38.8 Å². The fourth-order valence-corrected chi connectivity index (χ4v) is 3.59. The highest BCUT2D eigenvalue weighted by Crippen LogP contribution is 2.23. The second-order valence-corrected chi connectivity index (χ2v) is 7.57. The molecule has 1 unspecified atom stereocenters. The van der Waals surface area contributed by atoms with Crippen LogP contribution in [0.15, 0.2) is 64.0 Å². The highest BCUT2D eigenvalue weighted by Gasteiger charge is 2.17. The first-order chi connectivity index (χ1) is 14.1. The van der Waals surface area contributed by atoms with Crippen molar-refractivity contribution < 1.29 is 14.3 Å². The topological polar surface area (TPSA) is 66.2 Å². The van der Waals surface area contributed by atoms with Gasteiger partial charge < -0.3 is 19.2 Å². The number of piperazine rings is 1. The van der Waals surface area contributed by atoms with E-state index in [1.54, 1.807) is 18.2 Å². The summed E-state index contributed by atoms with van der Waals surface area (Å²) in [6.45, 7) is 4.74. The molecule has 1 saturated heterocycles. The number of likely N-dealkylation sites (N-methyl/N-ethyl adjacent to an activating group) is 1. The molecule has 2 aromatic carbocycles. The predicted octanol–water partition coefficient (Wildman–Crippen LogP) is 2.45. The third-order valence-electron chi connectivity index (χ3n) is 5.34. The third-order valence-corrected chi connectivity index (χ3v) is 5.34. The largest absolute Gasteiger partial charge is 0.491 e. The van der Waals surface area contributed by atoms with Crippen molar-refractivity contribution >= 4 is 11.0 Å². The van der Waals surface area contributed by atoms with Crippen LogP contribution in [-0.2, 0) is 0 Å². The molecule has 0 radical (unpaired) electrons. The summed E-state index contributed by atoms with van der Waals surface area (Å²) in [6, 6.07) is 14.6. The van der Waals surface area contributed by atoms with Crippen LogP contribution in [0.5, 0.6) is 5.75 Å². The minimum atomic E-state index is -0.568. The van der Waals surface area contributed by atoms with Gasteiger partial charge in [-0.05, 0) is 24.7 Å². The summed E-state index contributed by atoms with van der Waals surface area (Å²) in [5.41, 5.74) is 1.77. The summed E-state index contributed by atoms with van der Waals surface area (Å²) >= 11 is 0. The molecule has 2 heterocycles. The molecule has 0 saturated carbocycles. The minimum absolute atomic E-state index is 0.0703. The van der Waals surface area contributed by atoms with Gasteiger partial charge in [0.1, 0.15) is 30.3 Å².